The Labute approximate surface area is 224 Å². The summed E-state index contributed by atoms with van der Waals surface area (Å²) >= 11 is 0. The van der Waals surface area contributed by atoms with Crippen molar-refractivity contribution in [3.63, 3.8) is 0 Å². The van der Waals surface area contributed by atoms with Gasteiger partial charge in [0.25, 0.3) is 5.91 Å². The van der Waals surface area contributed by atoms with Gasteiger partial charge in [-0.3, -0.25) is 14.6 Å². The molecule has 2 amide bonds. The average molecular weight is 596 g/mol. The predicted molar refractivity (Wildman–Crippen MR) is 122 cm³/mol. The summed E-state index contributed by atoms with van der Waals surface area (Å²) in [5.74, 6) is -3.87. The molecular formula is C24H17F9N4O4. The molecule has 3 rings (SSSR count). The molecule has 3 N–H and O–H groups in total. The van der Waals surface area contributed by atoms with E-state index in [-0.39, 0.29) is 16.9 Å². The molecule has 0 unspecified atom stereocenters. The molecule has 41 heavy (non-hydrogen) atoms. The van der Waals surface area contributed by atoms with E-state index in [9.17, 15) is 49.1 Å². The summed E-state index contributed by atoms with van der Waals surface area (Å²) in [7, 11) is 0. The number of halogens is 9. The van der Waals surface area contributed by atoms with Crippen LogP contribution in [0, 0.1) is 0 Å². The average Bonchev–Trinajstić information content (AvgIpc) is 2.86. The Balaban J connectivity index is 0.000000745. The molecule has 8 nitrogen and oxygen atoms in total. The van der Waals surface area contributed by atoms with Gasteiger partial charge >= 0.3 is 24.5 Å². The Morgan fingerprint density at radius 3 is 1.85 bits per heavy atom. The first kappa shape index (κ1) is 32.5. The van der Waals surface area contributed by atoms with Gasteiger partial charge < -0.3 is 15.7 Å². The fourth-order valence-corrected chi connectivity index (χ4v) is 3.06. The van der Waals surface area contributed by atoms with E-state index >= 15 is 0 Å². The van der Waals surface area contributed by atoms with Gasteiger partial charge in [0.05, 0.1) is 28.4 Å². The Kier molecular flexibility index (Phi) is 10.0. The van der Waals surface area contributed by atoms with Crippen LogP contribution in [0.4, 0.5) is 45.3 Å². The molecule has 2 aromatic heterocycles. The van der Waals surface area contributed by atoms with E-state index in [1.165, 1.54) is 19.1 Å². The lowest BCUT2D eigenvalue weighted by Crippen LogP contribution is -2.32. The lowest BCUT2D eigenvalue weighted by atomic mass is 9.97. The van der Waals surface area contributed by atoms with E-state index in [4.69, 9.17) is 9.90 Å². The Bertz CT molecular complexity index is 1370. The number of carbonyl (C=O) groups is 3. The second kappa shape index (κ2) is 12.6. The van der Waals surface area contributed by atoms with Crippen molar-refractivity contribution < 1.29 is 59.0 Å². The fraction of sp³-hybridized carbons (Fsp3) is 0.208. The van der Waals surface area contributed by atoms with Gasteiger partial charge in [0.2, 0.25) is 5.91 Å². The van der Waals surface area contributed by atoms with Crippen molar-refractivity contribution in [2.75, 3.05) is 5.32 Å². The van der Waals surface area contributed by atoms with E-state index in [1.807, 2.05) is 0 Å². The largest absolute Gasteiger partial charge is 0.490 e. The third-order valence-electron chi connectivity index (χ3n) is 4.84. The lowest BCUT2D eigenvalue weighted by Gasteiger charge is -2.23. The van der Waals surface area contributed by atoms with Crippen LogP contribution in [0.3, 0.4) is 0 Å². The zero-order valence-electron chi connectivity index (χ0n) is 20.3. The molecule has 0 bridgehead atoms. The summed E-state index contributed by atoms with van der Waals surface area (Å²) in [6.45, 7) is 1.25. The van der Waals surface area contributed by atoms with Gasteiger partial charge in [-0.2, -0.15) is 39.5 Å². The summed E-state index contributed by atoms with van der Waals surface area (Å²) in [6.07, 6.45) is -12.4. The monoisotopic (exact) mass is 596 g/mol. The van der Waals surface area contributed by atoms with Crippen LogP contribution < -0.4 is 10.6 Å². The molecule has 220 valence electrons. The van der Waals surface area contributed by atoms with Crippen LogP contribution in [-0.2, 0) is 21.9 Å². The highest BCUT2D eigenvalue weighted by atomic mass is 19.4. The number of carbonyl (C=O) groups excluding carboxylic acids is 2. The molecule has 1 atom stereocenters. The second-order valence-corrected chi connectivity index (χ2v) is 7.88. The standard InChI is InChI=1S/C22H16F6N4O2.C2HF3O2/c1-12(33)31-17-9-6-14(11-30-17)20(34)32-18(13-4-7-15(8-5-13)21(23,24)25)19-16(22(26,27)28)3-2-10-29-19;3-2(4,5)1(6)7/h2-11,18H,1H3,(H,32,34)(H,30,31,33);(H,6,7)/t18-;/m0./s1. The van der Waals surface area contributed by atoms with E-state index in [1.54, 1.807) is 0 Å². The minimum atomic E-state index is -5.08. The van der Waals surface area contributed by atoms with Crippen LogP contribution in [-0.4, -0.2) is 39.0 Å². The smallest absolute Gasteiger partial charge is 0.475 e. The van der Waals surface area contributed by atoms with Crippen molar-refractivity contribution >= 4 is 23.6 Å². The van der Waals surface area contributed by atoms with Crippen molar-refractivity contribution in [3.8, 4) is 0 Å². The minimum absolute atomic E-state index is 0.0478. The zero-order chi connectivity index (χ0) is 31.2. The topological polar surface area (TPSA) is 121 Å². The normalized spacial score (nSPS) is 12.4. The molecule has 0 fully saturated rings. The highest BCUT2D eigenvalue weighted by Crippen LogP contribution is 2.36. The highest BCUT2D eigenvalue weighted by molar-refractivity contribution is 5.95. The highest BCUT2D eigenvalue weighted by Gasteiger charge is 2.39. The number of nitrogens with zero attached hydrogens (tertiary/aromatic N) is 2. The number of aromatic nitrogens is 2. The van der Waals surface area contributed by atoms with Gasteiger partial charge in [0.15, 0.2) is 0 Å². The SMILES string of the molecule is CC(=O)Nc1ccc(C(=O)N[C@@H](c2ccc(C(F)(F)F)cc2)c2ncccc2C(F)(F)F)cn1.O=C(O)C(F)(F)F. The number of anilines is 1. The number of carboxylic acids is 1. The zero-order valence-corrected chi connectivity index (χ0v) is 20.3. The van der Waals surface area contributed by atoms with Crippen molar-refractivity contribution in [1.82, 2.24) is 15.3 Å². The molecule has 1 aromatic carbocycles. The number of carboxylic acid groups (broad SMARTS) is 1. The maximum Gasteiger partial charge on any atom is 0.490 e. The third-order valence-corrected chi connectivity index (χ3v) is 4.84. The number of alkyl halides is 9. The Hall–Kier alpha value is -4.70. The van der Waals surface area contributed by atoms with Crippen molar-refractivity contribution in [2.45, 2.75) is 31.5 Å². The number of pyridine rings is 2. The molecule has 0 saturated carbocycles. The molecule has 0 aliphatic heterocycles. The minimum Gasteiger partial charge on any atom is -0.475 e. The summed E-state index contributed by atoms with van der Waals surface area (Å²) in [5.41, 5.74) is -2.86. The number of amides is 2. The van der Waals surface area contributed by atoms with Gasteiger partial charge in [-0.1, -0.05) is 12.1 Å². The van der Waals surface area contributed by atoms with Crippen molar-refractivity contribution in [1.29, 1.82) is 0 Å². The molecule has 0 spiro atoms. The fourth-order valence-electron chi connectivity index (χ4n) is 3.06. The molecule has 0 aliphatic rings. The molecule has 2 heterocycles. The number of rotatable bonds is 5. The van der Waals surface area contributed by atoms with Crippen molar-refractivity contribution in [2.24, 2.45) is 0 Å². The van der Waals surface area contributed by atoms with E-state index < -0.39 is 59.2 Å². The van der Waals surface area contributed by atoms with Crippen molar-refractivity contribution in [3.05, 3.63) is 88.9 Å². The number of benzene rings is 1. The second-order valence-electron chi connectivity index (χ2n) is 7.88. The van der Waals surface area contributed by atoms with Crippen LogP contribution in [0.5, 0.6) is 0 Å². The number of hydrogen-bond donors (Lipinski definition) is 3. The molecule has 3 aromatic rings. The number of aliphatic carboxylic acids is 1. The number of nitrogens with one attached hydrogen (secondary N) is 2. The van der Waals surface area contributed by atoms with E-state index in [0.29, 0.717) is 12.1 Å². The molecule has 17 heteroatoms. The van der Waals surface area contributed by atoms with Gasteiger partial charge in [0, 0.05) is 19.3 Å². The summed E-state index contributed by atoms with van der Waals surface area (Å²) < 4.78 is 111. The number of hydrogen-bond acceptors (Lipinski definition) is 5. The third kappa shape index (κ3) is 9.47. The molecule has 0 saturated heterocycles. The van der Waals surface area contributed by atoms with Gasteiger partial charge in [0.1, 0.15) is 5.82 Å². The summed E-state index contributed by atoms with van der Waals surface area (Å²) in [6, 6.07) is 6.23. The maximum atomic E-state index is 13.6. The quantitative estimate of drug-likeness (QED) is 0.329. The van der Waals surface area contributed by atoms with Crippen LogP contribution in [0.1, 0.15) is 45.7 Å². The lowest BCUT2D eigenvalue weighted by molar-refractivity contribution is -0.192. The van der Waals surface area contributed by atoms with Crippen LogP contribution in [0.25, 0.3) is 0 Å². The predicted octanol–water partition coefficient (Wildman–Crippen LogP) is 5.63. The van der Waals surface area contributed by atoms with Crippen LogP contribution in [0.15, 0.2) is 60.9 Å². The molecule has 0 aliphatic carbocycles. The van der Waals surface area contributed by atoms with E-state index in [2.05, 4.69) is 20.6 Å². The summed E-state index contributed by atoms with van der Waals surface area (Å²) in [4.78, 5) is 40.4. The van der Waals surface area contributed by atoms with Gasteiger partial charge in [-0.05, 0) is 42.0 Å². The van der Waals surface area contributed by atoms with Crippen LogP contribution in [0.2, 0.25) is 0 Å². The molecule has 0 radical (unpaired) electrons. The first-order valence-corrected chi connectivity index (χ1v) is 10.8. The van der Waals surface area contributed by atoms with Crippen LogP contribution >= 0.6 is 0 Å². The Morgan fingerprint density at radius 2 is 1.41 bits per heavy atom. The first-order valence-electron chi connectivity index (χ1n) is 10.8. The van der Waals surface area contributed by atoms with E-state index in [0.717, 1.165) is 36.7 Å². The Morgan fingerprint density at radius 1 is 0.829 bits per heavy atom. The first-order chi connectivity index (χ1) is 18.8. The van der Waals surface area contributed by atoms with Gasteiger partial charge in [-0.15, -0.1) is 0 Å². The molecular weight excluding hydrogens is 579 g/mol. The van der Waals surface area contributed by atoms with Gasteiger partial charge in [-0.25, -0.2) is 9.78 Å². The summed E-state index contributed by atoms with van der Waals surface area (Å²) in [5, 5.41) is 11.9. The maximum absolute atomic E-state index is 13.6.